The first kappa shape index (κ1) is 16.8. The summed E-state index contributed by atoms with van der Waals surface area (Å²) in [5.41, 5.74) is 0. The van der Waals surface area contributed by atoms with Crippen molar-refractivity contribution >= 4 is 12.0 Å². The minimum absolute atomic E-state index is 0.236. The standard InChI is InChI=1S/C15H28N2O3/c1-11(2)10-13(14(18)19)16-15(20)17(3)12-8-6-4-5-7-9-12/h11-13H,4-10H2,1-3H3,(H,16,20)(H,18,19)/t13-/m1/s1. The molecule has 0 aromatic rings. The molecule has 0 spiro atoms. The van der Waals surface area contributed by atoms with Crippen LogP contribution in [0.25, 0.3) is 0 Å². The maximum atomic E-state index is 12.2. The van der Waals surface area contributed by atoms with Crippen molar-refractivity contribution < 1.29 is 14.7 Å². The predicted octanol–water partition coefficient (Wildman–Crippen LogP) is 2.85. The molecule has 116 valence electrons. The monoisotopic (exact) mass is 284 g/mol. The fourth-order valence-electron chi connectivity index (χ4n) is 2.75. The Balaban J connectivity index is 2.55. The van der Waals surface area contributed by atoms with Crippen molar-refractivity contribution in [3.63, 3.8) is 0 Å². The van der Waals surface area contributed by atoms with E-state index >= 15 is 0 Å². The van der Waals surface area contributed by atoms with Crippen LogP contribution in [-0.4, -0.2) is 41.1 Å². The van der Waals surface area contributed by atoms with Gasteiger partial charge in [0.05, 0.1) is 0 Å². The lowest BCUT2D eigenvalue weighted by Crippen LogP contribution is -2.50. The zero-order chi connectivity index (χ0) is 15.1. The van der Waals surface area contributed by atoms with Crippen molar-refractivity contribution in [1.29, 1.82) is 0 Å². The summed E-state index contributed by atoms with van der Waals surface area (Å²) >= 11 is 0. The number of amides is 2. The highest BCUT2D eigenvalue weighted by Crippen LogP contribution is 2.21. The minimum atomic E-state index is -0.957. The van der Waals surface area contributed by atoms with Crippen LogP contribution in [-0.2, 0) is 4.79 Å². The molecule has 0 unspecified atom stereocenters. The van der Waals surface area contributed by atoms with E-state index in [2.05, 4.69) is 5.32 Å². The topological polar surface area (TPSA) is 69.6 Å². The van der Waals surface area contributed by atoms with Gasteiger partial charge in [0.1, 0.15) is 6.04 Å². The van der Waals surface area contributed by atoms with Crippen LogP contribution < -0.4 is 5.32 Å². The molecular formula is C15H28N2O3. The van der Waals surface area contributed by atoms with Gasteiger partial charge in [-0.2, -0.15) is 0 Å². The lowest BCUT2D eigenvalue weighted by atomic mass is 10.0. The van der Waals surface area contributed by atoms with Gasteiger partial charge in [-0.25, -0.2) is 9.59 Å². The fraction of sp³-hybridized carbons (Fsp3) is 0.867. The first-order chi connectivity index (χ1) is 9.41. The van der Waals surface area contributed by atoms with Gasteiger partial charge in [0.25, 0.3) is 0 Å². The van der Waals surface area contributed by atoms with Crippen LogP contribution in [0.2, 0.25) is 0 Å². The number of carboxylic acids is 1. The molecule has 0 radical (unpaired) electrons. The van der Waals surface area contributed by atoms with E-state index in [1.54, 1.807) is 11.9 Å². The molecule has 2 N–H and O–H groups in total. The van der Waals surface area contributed by atoms with Gasteiger partial charge < -0.3 is 15.3 Å². The number of aliphatic carboxylic acids is 1. The number of nitrogens with one attached hydrogen (secondary N) is 1. The highest BCUT2D eigenvalue weighted by Gasteiger charge is 2.26. The summed E-state index contributed by atoms with van der Waals surface area (Å²) in [7, 11) is 1.78. The fourth-order valence-corrected chi connectivity index (χ4v) is 2.75. The number of carbonyl (C=O) groups excluding carboxylic acids is 1. The van der Waals surface area contributed by atoms with Gasteiger partial charge in [-0.1, -0.05) is 39.5 Å². The van der Waals surface area contributed by atoms with Gasteiger partial charge in [-0.05, 0) is 25.2 Å². The molecule has 1 saturated carbocycles. The third kappa shape index (κ3) is 5.39. The summed E-state index contributed by atoms with van der Waals surface area (Å²) < 4.78 is 0. The molecule has 5 nitrogen and oxygen atoms in total. The van der Waals surface area contributed by atoms with E-state index in [-0.39, 0.29) is 18.0 Å². The van der Waals surface area contributed by atoms with Crippen LogP contribution in [0.5, 0.6) is 0 Å². The van der Waals surface area contributed by atoms with Crippen molar-refractivity contribution in [2.75, 3.05) is 7.05 Å². The smallest absolute Gasteiger partial charge is 0.326 e. The number of carbonyl (C=O) groups is 2. The van der Waals surface area contributed by atoms with E-state index in [0.29, 0.717) is 6.42 Å². The van der Waals surface area contributed by atoms with Gasteiger partial charge in [-0.3, -0.25) is 0 Å². The quantitative estimate of drug-likeness (QED) is 0.763. The number of nitrogens with zero attached hydrogens (tertiary/aromatic N) is 1. The first-order valence-corrected chi connectivity index (χ1v) is 7.68. The summed E-state index contributed by atoms with van der Waals surface area (Å²) in [6.45, 7) is 3.91. The molecule has 20 heavy (non-hydrogen) atoms. The summed E-state index contributed by atoms with van der Waals surface area (Å²) in [5, 5.41) is 11.8. The molecule has 0 heterocycles. The van der Waals surface area contributed by atoms with E-state index in [1.807, 2.05) is 13.8 Å². The zero-order valence-corrected chi connectivity index (χ0v) is 12.9. The van der Waals surface area contributed by atoms with Gasteiger partial charge >= 0.3 is 12.0 Å². The van der Waals surface area contributed by atoms with Crippen LogP contribution in [0.15, 0.2) is 0 Å². The highest BCUT2D eigenvalue weighted by molar-refractivity contribution is 5.82. The molecule has 0 saturated heterocycles. The van der Waals surface area contributed by atoms with Crippen LogP contribution >= 0.6 is 0 Å². The van der Waals surface area contributed by atoms with Gasteiger partial charge in [0.15, 0.2) is 0 Å². The van der Waals surface area contributed by atoms with Crippen LogP contribution in [0.4, 0.5) is 4.79 Å². The Bertz CT molecular complexity index is 323. The van der Waals surface area contributed by atoms with Crippen LogP contribution in [0.3, 0.4) is 0 Å². The summed E-state index contributed by atoms with van der Waals surface area (Å²) in [6, 6.07) is -0.813. The lowest BCUT2D eigenvalue weighted by Gasteiger charge is -2.29. The Labute approximate surface area is 121 Å². The Morgan fingerprint density at radius 2 is 1.75 bits per heavy atom. The second kappa shape index (κ2) is 8.12. The third-order valence-electron chi connectivity index (χ3n) is 4.00. The van der Waals surface area contributed by atoms with Crippen LogP contribution in [0.1, 0.15) is 58.8 Å². The molecule has 0 aromatic heterocycles. The number of urea groups is 1. The number of hydrogen-bond acceptors (Lipinski definition) is 2. The summed E-state index contributed by atoms with van der Waals surface area (Å²) in [4.78, 5) is 25.1. The number of rotatable bonds is 5. The maximum Gasteiger partial charge on any atom is 0.326 e. The molecule has 1 aliphatic rings. The second-order valence-corrected chi connectivity index (χ2v) is 6.23. The Hall–Kier alpha value is -1.26. The van der Waals surface area contributed by atoms with E-state index < -0.39 is 12.0 Å². The van der Waals surface area contributed by atoms with Crippen molar-refractivity contribution in [1.82, 2.24) is 10.2 Å². The van der Waals surface area contributed by atoms with E-state index in [4.69, 9.17) is 0 Å². The Morgan fingerprint density at radius 3 is 2.20 bits per heavy atom. The second-order valence-electron chi connectivity index (χ2n) is 6.23. The highest BCUT2D eigenvalue weighted by atomic mass is 16.4. The van der Waals surface area contributed by atoms with E-state index in [9.17, 15) is 14.7 Å². The molecule has 1 aliphatic carbocycles. The molecule has 0 bridgehead atoms. The average Bonchev–Trinajstić information content (AvgIpc) is 2.65. The first-order valence-electron chi connectivity index (χ1n) is 7.68. The molecule has 0 aromatic carbocycles. The lowest BCUT2D eigenvalue weighted by molar-refractivity contribution is -0.139. The molecule has 1 fully saturated rings. The molecule has 0 aliphatic heterocycles. The molecular weight excluding hydrogens is 256 g/mol. The third-order valence-corrected chi connectivity index (χ3v) is 4.00. The molecule has 5 heteroatoms. The maximum absolute atomic E-state index is 12.2. The number of hydrogen-bond donors (Lipinski definition) is 2. The van der Waals surface area contributed by atoms with Gasteiger partial charge in [0, 0.05) is 13.1 Å². The van der Waals surface area contributed by atoms with E-state index in [0.717, 1.165) is 25.7 Å². The summed E-state index contributed by atoms with van der Waals surface area (Å²) in [6.07, 6.45) is 7.26. The predicted molar refractivity (Wildman–Crippen MR) is 78.7 cm³/mol. The average molecular weight is 284 g/mol. The van der Waals surface area contributed by atoms with Gasteiger partial charge in [-0.15, -0.1) is 0 Å². The van der Waals surface area contributed by atoms with Crippen molar-refractivity contribution in [2.24, 2.45) is 5.92 Å². The zero-order valence-electron chi connectivity index (χ0n) is 12.9. The van der Waals surface area contributed by atoms with Crippen LogP contribution in [0, 0.1) is 5.92 Å². The number of carboxylic acid groups (broad SMARTS) is 1. The minimum Gasteiger partial charge on any atom is -0.480 e. The Kier molecular flexibility index (Phi) is 6.82. The van der Waals surface area contributed by atoms with E-state index in [1.165, 1.54) is 12.8 Å². The normalized spacial score (nSPS) is 18.4. The molecule has 2 amide bonds. The van der Waals surface area contributed by atoms with Gasteiger partial charge in [0.2, 0.25) is 0 Å². The summed E-state index contributed by atoms with van der Waals surface area (Å²) in [5.74, 6) is -0.721. The van der Waals surface area contributed by atoms with Crippen molar-refractivity contribution in [2.45, 2.75) is 70.9 Å². The SMILES string of the molecule is CC(C)C[C@@H](NC(=O)N(C)C1CCCCCC1)C(=O)O. The molecule has 1 atom stereocenters. The molecule has 1 rings (SSSR count). The van der Waals surface area contributed by atoms with Crippen molar-refractivity contribution in [3.05, 3.63) is 0 Å². The Morgan fingerprint density at radius 1 is 1.20 bits per heavy atom. The largest absolute Gasteiger partial charge is 0.480 e. The van der Waals surface area contributed by atoms with Crippen molar-refractivity contribution in [3.8, 4) is 0 Å².